The Hall–Kier alpha value is -1.79. The maximum atomic E-state index is 13.1. The van der Waals surface area contributed by atoms with E-state index in [1.165, 1.54) is 0 Å². The number of nitrogens with zero attached hydrogens (tertiary/aromatic N) is 1. The van der Waals surface area contributed by atoms with Gasteiger partial charge in [0.05, 0.1) is 18.2 Å². The van der Waals surface area contributed by atoms with Crippen LogP contribution in [0.2, 0.25) is 5.02 Å². The third-order valence-electron chi connectivity index (χ3n) is 5.42. The molecule has 1 aromatic carbocycles. The minimum absolute atomic E-state index is 0.0460. The number of rotatable bonds is 0. The summed E-state index contributed by atoms with van der Waals surface area (Å²) in [6.07, 6.45) is -0.196. The van der Waals surface area contributed by atoms with Gasteiger partial charge in [0.2, 0.25) is 0 Å². The zero-order chi connectivity index (χ0) is 18.9. The van der Waals surface area contributed by atoms with Gasteiger partial charge in [0.15, 0.2) is 5.41 Å². The van der Waals surface area contributed by atoms with Crippen molar-refractivity contribution < 1.29 is 23.8 Å². The van der Waals surface area contributed by atoms with Crippen molar-refractivity contribution in [3.8, 4) is 0 Å². The molecule has 0 N–H and O–H groups in total. The Kier molecular flexibility index (Phi) is 3.80. The van der Waals surface area contributed by atoms with Crippen LogP contribution in [0, 0.1) is 5.41 Å². The zero-order valence-electron chi connectivity index (χ0n) is 15.2. The Morgan fingerprint density at radius 3 is 2.46 bits per heavy atom. The summed E-state index contributed by atoms with van der Waals surface area (Å²) in [5, 5.41) is 0.611. The Morgan fingerprint density at radius 1 is 1.15 bits per heavy atom. The molecule has 0 aromatic heterocycles. The molecule has 0 saturated carbocycles. The molecule has 2 fully saturated rings. The number of carbonyl (C=O) groups is 2. The van der Waals surface area contributed by atoms with Crippen LogP contribution in [0.4, 0.5) is 5.69 Å². The average molecular weight is 380 g/mol. The number of fused-ring (bicyclic) bond motifs is 4. The fraction of sp³-hybridized carbons (Fsp3) is 0.579. The van der Waals surface area contributed by atoms with Gasteiger partial charge in [-0.15, -0.1) is 0 Å². The number of halogens is 1. The van der Waals surface area contributed by atoms with E-state index in [-0.39, 0.29) is 18.6 Å². The van der Waals surface area contributed by atoms with Crippen LogP contribution in [0.5, 0.6) is 0 Å². The number of cyclic esters (lactones) is 2. The smallest absolute Gasteiger partial charge is 0.329 e. The molecule has 1 spiro atoms. The van der Waals surface area contributed by atoms with Crippen molar-refractivity contribution in [2.24, 2.45) is 5.41 Å². The molecule has 0 bridgehead atoms. The first-order valence-electron chi connectivity index (χ1n) is 8.81. The van der Waals surface area contributed by atoms with E-state index in [1.54, 1.807) is 19.9 Å². The summed E-state index contributed by atoms with van der Waals surface area (Å²) in [6, 6.07) is 5.00. The van der Waals surface area contributed by atoms with Crippen molar-refractivity contribution in [1.82, 2.24) is 0 Å². The van der Waals surface area contributed by atoms with Crippen molar-refractivity contribution in [2.75, 3.05) is 11.4 Å². The van der Waals surface area contributed by atoms with Gasteiger partial charge < -0.3 is 19.1 Å². The van der Waals surface area contributed by atoms with Crippen LogP contribution in [-0.2, 0) is 30.2 Å². The fourth-order valence-electron chi connectivity index (χ4n) is 4.52. The molecular weight excluding hydrogens is 358 g/mol. The van der Waals surface area contributed by atoms with Gasteiger partial charge in [-0.1, -0.05) is 17.7 Å². The molecule has 0 aliphatic carbocycles. The number of esters is 2. The van der Waals surface area contributed by atoms with Gasteiger partial charge in [-0.2, -0.15) is 0 Å². The van der Waals surface area contributed by atoms with Crippen LogP contribution < -0.4 is 4.90 Å². The molecule has 3 aliphatic rings. The van der Waals surface area contributed by atoms with Crippen LogP contribution in [-0.4, -0.2) is 42.5 Å². The Morgan fingerprint density at radius 2 is 1.81 bits per heavy atom. The monoisotopic (exact) mass is 379 g/mol. The molecule has 7 heteroatoms. The molecule has 3 atom stereocenters. The third-order valence-corrected chi connectivity index (χ3v) is 5.65. The number of carbonyl (C=O) groups excluding carboxylic acids is 2. The average Bonchev–Trinajstić information content (AvgIpc) is 2.51. The highest BCUT2D eigenvalue weighted by molar-refractivity contribution is 6.30. The van der Waals surface area contributed by atoms with E-state index >= 15 is 0 Å². The maximum absolute atomic E-state index is 13.1. The SMILES string of the molecule is CC1CN2c3cc(Cl)ccc3CC3(C(=O)OC(C)(C)OC3=O)C2C(C)O1. The van der Waals surface area contributed by atoms with Crippen molar-refractivity contribution >= 4 is 29.2 Å². The normalized spacial score (nSPS) is 31.7. The minimum Gasteiger partial charge on any atom is -0.422 e. The number of benzene rings is 1. The molecule has 3 aliphatic heterocycles. The lowest BCUT2D eigenvalue weighted by molar-refractivity contribution is -0.256. The van der Waals surface area contributed by atoms with E-state index in [0.29, 0.717) is 11.6 Å². The second-order valence-electron chi connectivity index (χ2n) is 7.85. The summed E-state index contributed by atoms with van der Waals surface area (Å²) in [5.41, 5.74) is 0.358. The predicted octanol–water partition coefficient (Wildman–Crippen LogP) is 2.70. The fourth-order valence-corrected chi connectivity index (χ4v) is 4.69. The van der Waals surface area contributed by atoms with Gasteiger partial charge >= 0.3 is 11.9 Å². The van der Waals surface area contributed by atoms with Crippen molar-refractivity contribution in [2.45, 2.75) is 58.2 Å². The van der Waals surface area contributed by atoms with Crippen LogP contribution in [0.15, 0.2) is 18.2 Å². The van der Waals surface area contributed by atoms with Crippen LogP contribution in [0.3, 0.4) is 0 Å². The minimum atomic E-state index is -1.45. The second kappa shape index (κ2) is 5.60. The molecule has 140 valence electrons. The van der Waals surface area contributed by atoms with Crippen LogP contribution >= 0.6 is 11.6 Å². The maximum Gasteiger partial charge on any atom is 0.329 e. The van der Waals surface area contributed by atoms with Gasteiger partial charge in [0.25, 0.3) is 5.79 Å². The topological polar surface area (TPSA) is 65.1 Å². The third kappa shape index (κ3) is 2.42. The molecule has 26 heavy (non-hydrogen) atoms. The van der Waals surface area contributed by atoms with Crippen LogP contribution in [0.1, 0.15) is 33.3 Å². The highest BCUT2D eigenvalue weighted by atomic mass is 35.5. The summed E-state index contributed by atoms with van der Waals surface area (Å²) in [6.45, 7) is 7.53. The first-order valence-corrected chi connectivity index (χ1v) is 9.19. The summed E-state index contributed by atoms with van der Waals surface area (Å²) < 4.78 is 17.0. The molecule has 2 saturated heterocycles. The summed E-state index contributed by atoms with van der Waals surface area (Å²) in [5.74, 6) is -2.38. The second-order valence-corrected chi connectivity index (χ2v) is 8.29. The summed E-state index contributed by atoms with van der Waals surface area (Å²) in [7, 11) is 0. The molecule has 0 radical (unpaired) electrons. The largest absolute Gasteiger partial charge is 0.422 e. The van der Waals surface area contributed by atoms with E-state index in [9.17, 15) is 9.59 Å². The lowest BCUT2D eigenvalue weighted by Gasteiger charge is -2.55. The van der Waals surface area contributed by atoms with Crippen molar-refractivity contribution in [1.29, 1.82) is 0 Å². The number of hydrogen-bond acceptors (Lipinski definition) is 6. The lowest BCUT2D eigenvalue weighted by Crippen LogP contribution is -2.71. The number of morpholine rings is 1. The molecule has 3 unspecified atom stereocenters. The first-order chi connectivity index (χ1) is 12.1. The van der Waals surface area contributed by atoms with Gasteiger partial charge in [0, 0.05) is 37.5 Å². The highest BCUT2D eigenvalue weighted by Gasteiger charge is 2.66. The number of hydrogen-bond donors (Lipinski definition) is 0. The highest BCUT2D eigenvalue weighted by Crippen LogP contribution is 2.49. The van der Waals surface area contributed by atoms with E-state index in [4.69, 9.17) is 25.8 Å². The van der Waals surface area contributed by atoms with Gasteiger partial charge in [-0.25, -0.2) is 0 Å². The molecule has 3 heterocycles. The van der Waals surface area contributed by atoms with Gasteiger partial charge in [-0.05, 0) is 31.5 Å². The van der Waals surface area contributed by atoms with Crippen molar-refractivity contribution in [3.63, 3.8) is 0 Å². The molecule has 4 rings (SSSR count). The van der Waals surface area contributed by atoms with E-state index in [0.717, 1.165) is 11.3 Å². The molecular formula is C19H22ClNO5. The molecule has 1 aromatic rings. The Balaban J connectivity index is 1.90. The van der Waals surface area contributed by atoms with E-state index in [1.807, 2.05) is 26.0 Å². The van der Waals surface area contributed by atoms with Gasteiger partial charge in [0.1, 0.15) is 0 Å². The first kappa shape index (κ1) is 17.6. The lowest BCUT2D eigenvalue weighted by atomic mass is 9.68. The summed E-state index contributed by atoms with van der Waals surface area (Å²) in [4.78, 5) is 28.3. The number of ether oxygens (including phenoxy) is 3. The van der Waals surface area contributed by atoms with E-state index in [2.05, 4.69) is 4.90 Å². The Bertz CT molecular complexity index is 772. The van der Waals surface area contributed by atoms with Crippen molar-refractivity contribution in [3.05, 3.63) is 28.8 Å². The predicted molar refractivity (Wildman–Crippen MR) is 95.0 cm³/mol. The Labute approximate surface area is 157 Å². The van der Waals surface area contributed by atoms with Gasteiger partial charge in [-0.3, -0.25) is 9.59 Å². The van der Waals surface area contributed by atoms with Crippen LogP contribution in [0.25, 0.3) is 0 Å². The molecule has 0 amide bonds. The molecule has 6 nitrogen and oxygen atoms in total. The zero-order valence-corrected chi connectivity index (χ0v) is 16.0. The summed E-state index contributed by atoms with van der Waals surface area (Å²) >= 11 is 6.21. The van der Waals surface area contributed by atoms with E-state index < -0.39 is 29.2 Å². The standard InChI is InChI=1S/C19H22ClNO5/c1-10-9-21-14-7-13(20)6-5-12(14)8-19(15(21)11(2)24-10)16(22)25-18(3,4)26-17(19)23/h5-7,10-11,15H,8-9H2,1-4H3. The quantitative estimate of drug-likeness (QED) is 0.510. The number of anilines is 1.